The molecule has 0 rings (SSSR count). The van der Waals surface area contributed by atoms with E-state index in [1.807, 2.05) is 37.4 Å². The van der Waals surface area contributed by atoms with Crippen LogP contribution < -0.4 is 0 Å². The molecule has 0 saturated heterocycles. The molecule has 0 aliphatic heterocycles. The normalized spacial score (nSPS) is 12.1. The van der Waals surface area contributed by atoms with E-state index in [1.165, 1.54) is 0 Å². The van der Waals surface area contributed by atoms with Crippen LogP contribution in [0.3, 0.4) is 0 Å². The number of thioether (sulfide) groups is 2. The highest BCUT2D eigenvalue weighted by Crippen LogP contribution is 2.23. The van der Waals surface area contributed by atoms with Crippen LogP contribution in [0.15, 0.2) is 0 Å². The van der Waals surface area contributed by atoms with Crippen molar-refractivity contribution in [3.8, 4) is 0 Å². The molecule has 0 aliphatic rings. The number of hydrogen-bond donors (Lipinski definition) is 0. The van der Waals surface area contributed by atoms with E-state index in [1.54, 1.807) is 0 Å². The van der Waals surface area contributed by atoms with Gasteiger partial charge >= 0.3 is 0 Å². The van der Waals surface area contributed by atoms with Crippen molar-refractivity contribution in [2.45, 2.75) is 52.0 Å². The third kappa shape index (κ3) is 7.61. The second kappa shape index (κ2) is 8.46. The quantitative estimate of drug-likeness (QED) is 0.655. The van der Waals surface area contributed by atoms with Gasteiger partial charge in [-0.05, 0) is 10.5 Å². The number of carbonyl (C=O) groups excluding carboxylic acids is 1. The number of rotatable bonds is 8. The average Bonchev–Trinajstić information content (AvgIpc) is 2.16. The molecule has 0 aromatic rings. The largest absolute Gasteiger partial charge is 0.299 e. The highest BCUT2D eigenvalue weighted by Gasteiger charge is 2.21. The van der Waals surface area contributed by atoms with Crippen LogP contribution in [0, 0.1) is 11.8 Å². The predicted octanol–water partition coefficient (Wildman–Crippen LogP) is 4.11. The SMILES string of the molecule is CC(C)SCC(CSC(C)C)C(=O)C(C)C. The van der Waals surface area contributed by atoms with Crippen molar-refractivity contribution in [1.29, 1.82) is 0 Å². The van der Waals surface area contributed by atoms with Crippen LogP contribution >= 0.6 is 23.5 Å². The maximum atomic E-state index is 12.0. The van der Waals surface area contributed by atoms with Crippen LogP contribution in [0.5, 0.6) is 0 Å². The Morgan fingerprint density at radius 2 is 1.25 bits per heavy atom. The number of hydrogen-bond acceptors (Lipinski definition) is 3. The molecule has 0 heterocycles. The molecular formula is C13H26OS2. The fourth-order valence-electron chi connectivity index (χ4n) is 1.30. The second-order valence-corrected chi connectivity index (χ2v) is 8.24. The molecule has 0 aliphatic carbocycles. The summed E-state index contributed by atoms with van der Waals surface area (Å²) in [7, 11) is 0. The van der Waals surface area contributed by atoms with Crippen LogP contribution in [-0.2, 0) is 4.79 Å². The Morgan fingerprint density at radius 1 is 0.875 bits per heavy atom. The third-order valence-corrected chi connectivity index (χ3v) is 4.76. The maximum Gasteiger partial charge on any atom is 0.140 e. The van der Waals surface area contributed by atoms with Gasteiger partial charge in [-0.25, -0.2) is 0 Å². The van der Waals surface area contributed by atoms with E-state index in [2.05, 4.69) is 27.7 Å². The summed E-state index contributed by atoms with van der Waals surface area (Å²) < 4.78 is 0. The molecule has 3 heteroatoms. The van der Waals surface area contributed by atoms with Gasteiger partial charge in [-0.2, -0.15) is 23.5 Å². The summed E-state index contributed by atoms with van der Waals surface area (Å²) in [6.07, 6.45) is 0. The molecule has 0 aromatic carbocycles. The lowest BCUT2D eigenvalue weighted by molar-refractivity contribution is -0.124. The zero-order chi connectivity index (χ0) is 12.7. The monoisotopic (exact) mass is 262 g/mol. The third-order valence-electron chi connectivity index (χ3n) is 2.23. The molecule has 0 N–H and O–H groups in total. The number of ketones is 1. The molecular weight excluding hydrogens is 236 g/mol. The van der Waals surface area contributed by atoms with E-state index in [0.717, 1.165) is 11.5 Å². The smallest absolute Gasteiger partial charge is 0.140 e. The zero-order valence-electron chi connectivity index (χ0n) is 11.4. The van der Waals surface area contributed by atoms with Gasteiger partial charge in [-0.3, -0.25) is 4.79 Å². The minimum atomic E-state index is 0.172. The lowest BCUT2D eigenvalue weighted by Crippen LogP contribution is -2.25. The molecule has 0 bridgehead atoms. The average molecular weight is 262 g/mol. The molecule has 0 unspecified atom stereocenters. The topological polar surface area (TPSA) is 17.1 Å². The standard InChI is InChI=1S/C13H26OS2/c1-9(2)13(14)12(7-15-10(3)4)8-16-11(5)6/h9-12H,7-8H2,1-6H3. The Balaban J connectivity index is 4.21. The Morgan fingerprint density at radius 3 is 1.50 bits per heavy atom. The van der Waals surface area contributed by atoms with E-state index in [4.69, 9.17) is 0 Å². The first kappa shape index (κ1) is 16.4. The minimum Gasteiger partial charge on any atom is -0.299 e. The number of carbonyl (C=O) groups is 1. The van der Waals surface area contributed by atoms with Gasteiger partial charge in [0.05, 0.1) is 0 Å². The molecule has 16 heavy (non-hydrogen) atoms. The van der Waals surface area contributed by atoms with Gasteiger partial charge < -0.3 is 0 Å². The van der Waals surface area contributed by atoms with Crippen molar-refractivity contribution in [3.63, 3.8) is 0 Å². The van der Waals surface area contributed by atoms with E-state index in [-0.39, 0.29) is 11.8 Å². The van der Waals surface area contributed by atoms with Crippen LogP contribution in [-0.4, -0.2) is 27.8 Å². The second-order valence-electron chi connectivity index (χ2n) is 5.02. The molecule has 0 saturated carbocycles. The maximum absolute atomic E-state index is 12.0. The molecule has 1 nitrogen and oxygen atoms in total. The molecule has 0 radical (unpaired) electrons. The van der Waals surface area contributed by atoms with E-state index in [9.17, 15) is 4.79 Å². The summed E-state index contributed by atoms with van der Waals surface area (Å²) in [5.74, 6) is 2.80. The summed E-state index contributed by atoms with van der Waals surface area (Å²) in [4.78, 5) is 12.0. The number of Topliss-reactive ketones (excluding diaryl/α,β-unsaturated/α-hetero) is 1. The Labute approximate surface area is 110 Å². The van der Waals surface area contributed by atoms with Crippen molar-refractivity contribution in [3.05, 3.63) is 0 Å². The zero-order valence-corrected chi connectivity index (χ0v) is 13.1. The summed E-state index contributed by atoms with van der Waals surface area (Å²) in [6, 6.07) is 0. The Kier molecular flexibility index (Phi) is 8.65. The molecule has 96 valence electrons. The van der Waals surface area contributed by atoms with E-state index in [0.29, 0.717) is 16.3 Å². The molecule has 0 amide bonds. The first-order valence-electron chi connectivity index (χ1n) is 6.11. The lowest BCUT2D eigenvalue weighted by atomic mass is 9.99. The van der Waals surface area contributed by atoms with Crippen LogP contribution in [0.1, 0.15) is 41.5 Å². The molecule has 0 atom stereocenters. The van der Waals surface area contributed by atoms with Crippen molar-refractivity contribution < 1.29 is 4.79 Å². The summed E-state index contributed by atoms with van der Waals surface area (Å²) in [6.45, 7) is 12.8. The fourth-order valence-corrected chi connectivity index (χ4v) is 3.25. The van der Waals surface area contributed by atoms with Gasteiger partial charge in [0.2, 0.25) is 0 Å². The van der Waals surface area contributed by atoms with Crippen molar-refractivity contribution in [1.82, 2.24) is 0 Å². The molecule has 0 aromatic heterocycles. The molecule has 0 spiro atoms. The van der Waals surface area contributed by atoms with Crippen LogP contribution in [0.2, 0.25) is 0 Å². The van der Waals surface area contributed by atoms with Gasteiger partial charge in [0.1, 0.15) is 5.78 Å². The first-order chi connectivity index (χ1) is 7.34. The predicted molar refractivity (Wildman–Crippen MR) is 78.5 cm³/mol. The Bertz CT molecular complexity index is 188. The highest BCUT2D eigenvalue weighted by molar-refractivity contribution is 8.00. The highest BCUT2D eigenvalue weighted by atomic mass is 32.2. The van der Waals surface area contributed by atoms with Crippen molar-refractivity contribution >= 4 is 29.3 Å². The first-order valence-corrected chi connectivity index (χ1v) is 8.21. The van der Waals surface area contributed by atoms with Gasteiger partial charge in [-0.1, -0.05) is 41.5 Å². The van der Waals surface area contributed by atoms with Gasteiger partial charge in [-0.15, -0.1) is 0 Å². The van der Waals surface area contributed by atoms with Crippen LogP contribution in [0.4, 0.5) is 0 Å². The summed E-state index contributed by atoms with van der Waals surface area (Å²) in [5, 5.41) is 1.23. The van der Waals surface area contributed by atoms with Crippen molar-refractivity contribution in [2.24, 2.45) is 11.8 Å². The fraction of sp³-hybridized carbons (Fsp3) is 0.923. The summed E-state index contributed by atoms with van der Waals surface area (Å²) >= 11 is 3.81. The lowest BCUT2D eigenvalue weighted by Gasteiger charge is -2.19. The minimum absolute atomic E-state index is 0.172. The molecule has 0 fully saturated rings. The Hall–Kier alpha value is 0.370. The van der Waals surface area contributed by atoms with Gasteiger partial charge in [0.15, 0.2) is 0 Å². The van der Waals surface area contributed by atoms with Crippen LogP contribution in [0.25, 0.3) is 0 Å². The van der Waals surface area contributed by atoms with Gasteiger partial charge in [0, 0.05) is 23.3 Å². The van der Waals surface area contributed by atoms with Crippen molar-refractivity contribution in [2.75, 3.05) is 11.5 Å². The van der Waals surface area contributed by atoms with E-state index < -0.39 is 0 Å². The van der Waals surface area contributed by atoms with Gasteiger partial charge in [0.25, 0.3) is 0 Å². The van der Waals surface area contributed by atoms with E-state index >= 15 is 0 Å². The summed E-state index contributed by atoms with van der Waals surface area (Å²) in [5.41, 5.74) is 0.